The van der Waals surface area contributed by atoms with Crippen LogP contribution < -0.4 is 10.9 Å². The summed E-state index contributed by atoms with van der Waals surface area (Å²) >= 11 is 1.40. The first-order chi connectivity index (χ1) is 12.1. The summed E-state index contributed by atoms with van der Waals surface area (Å²) in [7, 11) is 0. The maximum absolute atomic E-state index is 12.3. The molecule has 126 valence electrons. The minimum atomic E-state index is -0.349. The highest BCUT2D eigenvalue weighted by Crippen LogP contribution is 2.14. The van der Waals surface area contributed by atoms with E-state index in [1.165, 1.54) is 22.2 Å². The van der Waals surface area contributed by atoms with Crippen LogP contribution in [0.4, 0.5) is 0 Å². The SMILES string of the molecule is C[C@H](NC(=O)Cn1cnc2sccc2c1=O)c1nnc2ccccn12. The molecule has 1 N–H and O–H groups in total. The summed E-state index contributed by atoms with van der Waals surface area (Å²) in [5, 5.41) is 13.4. The smallest absolute Gasteiger partial charge is 0.262 e. The number of carbonyl (C=O) groups is 1. The molecule has 0 aromatic carbocycles. The van der Waals surface area contributed by atoms with Crippen LogP contribution in [0.3, 0.4) is 0 Å². The second-order valence-corrected chi connectivity index (χ2v) is 6.49. The number of thiophene rings is 1. The summed E-state index contributed by atoms with van der Waals surface area (Å²) in [5.41, 5.74) is 0.490. The van der Waals surface area contributed by atoms with Gasteiger partial charge >= 0.3 is 0 Å². The van der Waals surface area contributed by atoms with Gasteiger partial charge in [0.15, 0.2) is 11.5 Å². The summed E-state index contributed by atoms with van der Waals surface area (Å²) in [4.78, 5) is 29.5. The molecule has 0 radical (unpaired) electrons. The van der Waals surface area contributed by atoms with E-state index in [0.29, 0.717) is 21.7 Å². The van der Waals surface area contributed by atoms with E-state index in [1.54, 1.807) is 6.07 Å². The Morgan fingerprint density at radius 3 is 3.08 bits per heavy atom. The Morgan fingerprint density at radius 2 is 2.20 bits per heavy atom. The van der Waals surface area contributed by atoms with Gasteiger partial charge in [-0.15, -0.1) is 21.5 Å². The second kappa shape index (κ2) is 6.10. The average Bonchev–Trinajstić information content (AvgIpc) is 3.24. The maximum Gasteiger partial charge on any atom is 0.262 e. The van der Waals surface area contributed by atoms with Crippen molar-refractivity contribution in [2.75, 3.05) is 0 Å². The lowest BCUT2D eigenvalue weighted by atomic mass is 10.3. The van der Waals surface area contributed by atoms with Crippen molar-refractivity contribution >= 4 is 33.1 Å². The molecule has 0 saturated heterocycles. The lowest BCUT2D eigenvalue weighted by Crippen LogP contribution is -2.34. The number of amides is 1. The van der Waals surface area contributed by atoms with Gasteiger partial charge in [0.25, 0.3) is 5.56 Å². The first kappa shape index (κ1) is 15.5. The number of nitrogens with zero attached hydrogens (tertiary/aromatic N) is 5. The van der Waals surface area contributed by atoms with E-state index >= 15 is 0 Å². The zero-order valence-electron chi connectivity index (χ0n) is 13.3. The molecular weight excluding hydrogens is 340 g/mol. The number of nitrogens with one attached hydrogen (secondary N) is 1. The average molecular weight is 354 g/mol. The number of hydrogen-bond acceptors (Lipinski definition) is 6. The van der Waals surface area contributed by atoms with E-state index < -0.39 is 0 Å². The fourth-order valence-corrected chi connectivity index (χ4v) is 3.39. The molecular formula is C16H14N6O2S. The Hall–Kier alpha value is -3.07. The van der Waals surface area contributed by atoms with Gasteiger partial charge in [0, 0.05) is 6.20 Å². The van der Waals surface area contributed by atoms with Gasteiger partial charge in [-0.3, -0.25) is 18.6 Å². The van der Waals surface area contributed by atoms with Gasteiger partial charge in [-0.05, 0) is 30.5 Å². The number of rotatable bonds is 4. The van der Waals surface area contributed by atoms with Gasteiger partial charge in [0.2, 0.25) is 5.91 Å². The largest absolute Gasteiger partial charge is 0.345 e. The molecule has 0 unspecified atom stereocenters. The number of aromatic nitrogens is 5. The molecule has 0 aliphatic heterocycles. The van der Waals surface area contributed by atoms with E-state index in [4.69, 9.17) is 0 Å². The van der Waals surface area contributed by atoms with Gasteiger partial charge in [0.1, 0.15) is 11.4 Å². The third kappa shape index (κ3) is 2.78. The number of hydrogen-bond donors (Lipinski definition) is 1. The molecule has 0 bridgehead atoms. The Bertz CT molecular complexity index is 1130. The molecule has 0 aliphatic carbocycles. The molecule has 4 aromatic heterocycles. The Kier molecular flexibility index (Phi) is 3.77. The Labute approximate surface area is 145 Å². The van der Waals surface area contributed by atoms with Gasteiger partial charge in [-0.2, -0.15) is 0 Å². The van der Waals surface area contributed by atoms with Crippen LogP contribution in [0, 0.1) is 0 Å². The number of carbonyl (C=O) groups excluding carboxylic acids is 1. The van der Waals surface area contributed by atoms with Crippen molar-refractivity contribution in [3.8, 4) is 0 Å². The van der Waals surface area contributed by atoms with Crippen LogP contribution in [-0.4, -0.2) is 30.1 Å². The molecule has 4 aromatic rings. The fourth-order valence-electron chi connectivity index (χ4n) is 2.67. The zero-order valence-corrected chi connectivity index (χ0v) is 14.1. The molecule has 9 heteroatoms. The quantitative estimate of drug-likeness (QED) is 0.597. The van der Waals surface area contributed by atoms with Crippen LogP contribution >= 0.6 is 11.3 Å². The molecule has 1 atom stereocenters. The second-order valence-electron chi connectivity index (χ2n) is 5.59. The molecule has 1 amide bonds. The molecule has 0 fully saturated rings. The molecule has 8 nitrogen and oxygen atoms in total. The van der Waals surface area contributed by atoms with Crippen LogP contribution in [0.2, 0.25) is 0 Å². The van der Waals surface area contributed by atoms with Gasteiger partial charge in [-0.25, -0.2) is 4.98 Å². The lowest BCUT2D eigenvalue weighted by Gasteiger charge is -2.13. The summed E-state index contributed by atoms with van der Waals surface area (Å²) in [6, 6.07) is 6.95. The Balaban J connectivity index is 1.53. The zero-order chi connectivity index (χ0) is 17.4. The normalized spacial score (nSPS) is 12.5. The molecule has 0 spiro atoms. The predicted molar refractivity (Wildman–Crippen MR) is 93.4 cm³/mol. The minimum Gasteiger partial charge on any atom is -0.345 e. The fraction of sp³-hybridized carbons (Fsp3) is 0.188. The first-order valence-electron chi connectivity index (χ1n) is 7.65. The van der Waals surface area contributed by atoms with Crippen LogP contribution in [0.25, 0.3) is 15.9 Å². The van der Waals surface area contributed by atoms with E-state index in [1.807, 2.05) is 41.1 Å². The monoisotopic (exact) mass is 354 g/mol. The van der Waals surface area contributed by atoms with Crippen LogP contribution in [0.1, 0.15) is 18.8 Å². The highest BCUT2D eigenvalue weighted by atomic mass is 32.1. The van der Waals surface area contributed by atoms with Crippen molar-refractivity contribution in [1.29, 1.82) is 0 Å². The lowest BCUT2D eigenvalue weighted by molar-refractivity contribution is -0.122. The van der Waals surface area contributed by atoms with Crippen molar-refractivity contribution in [2.24, 2.45) is 0 Å². The van der Waals surface area contributed by atoms with Crippen molar-refractivity contribution < 1.29 is 4.79 Å². The third-order valence-electron chi connectivity index (χ3n) is 3.87. The molecule has 4 heterocycles. The topological polar surface area (TPSA) is 94.2 Å². The predicted octanol–water partition coefficient (Wildman–Crippen LogP) is 1.38. The van der Waals surface area contributed by atoms with E-state index in [2.05, 4.69) is 20.5 Å². The first-order valence-corrected chi connectivity index (χ1v) is 8.53. The number of fused-ring (bicyclic) bond motifs is 2. The van der Waals surface area contributed by atoms with Gasteiger partial charge in [0.05, 0.1) is 17.8 Å². The number of pyridine rings is 1. The highest BCUT2D eigenvalue weighted by Gasteiger charge is 2.16. The van der Waals surface area contributed by atoms with Crippen molar-refractivity contribution in [3.05, 3.63) is 58.3 Å². The van der Waals surface area contributed by atoms with E-state index in [-0.39, 0.29) is 24.1 Å². The van der Waals surface area contributed by atoms with Crippen molar-refractivity contribution in [3.63, 3.8) is 0 Å². The van der Waals surface area contributed by atoms with Gasteiger partial charge in [-0.1, -0.05) is 6.07 Å². The summed E-state index contributed by atoms with van der Waals surface area (Å²) < 4.78 is 3.12. The minimum absolute atomic E-state index is 0.0985. The molecule has 4 rings (SSSR count). The summed E-state index contributed by atoms with van der Waals surface area (Å²) in [6.07, 6.45) is 3.24. The van der Waals surface area contributed by atoms with E-state index in [9.17, 15) is 9.59 Å². The van der Waals surface area contributed by atoms with Crippen molar-refractivity contribution in [2.45, 2.75) is 19.5 Å². The summed E-state index contributed by atoms with van der Waals surface area (Å²) in [6.45, 7) is 1.73. The highest BCUT2D eigenvalue weighted by molar-refractivity contribution is 7.16. The van der Waals surface area contributed by atoms with Gasteiger partial charge < -0.3 is 5.32 Å². The van der Waals surface area contributed by atoms with E-state index in [0.717, 1.165) is 0 Å². The maximum atomic E-state index is 12.3. The Morgan fingerprint density at radius 1 is 1.32 bits per heavy atom. The summed E-state index contributed by atoms with van der Waals surface area (Å²) in [5.74, 6) is 0.335. The molecule has 0 aliphatic rings. The third-order valence-corrected chi connectivity index (χ3v) is 4.69. The van der Waals surface area contributed by atoms with Crippen LogP contribution in [0.5, 0.6) is 0 Å². The molecule has 25 heavy (non-hydrogen) atoms. The van der Waals surface area contributed by atoms with Crippen LogP contribution in [0.15, 0.2) is 47.0 Å². The van der Waals surface area contributed by atoms with Crippen molar-refractivity contribution in [1.82, 2.24) is 29.5 Å². The van der Waals surface area contributed by atoms with Crippen LogP contribution in [-0.2, 0) is 11.3 Å². The molecule has 0 saturated carbocycles. The standard InChI is InChI=1S/C16H14N6O2S/c1-10(14-20-19-12-4-2-3-6-22(12)14)18-13(23)8-21-9-17-15-11(16(21)24)5-7-25-15/h2-7,9-10H,8H2,1H3,(H,18,23)/t10-/m0/s1.